The number of para-hydroxylation sites is 1. The molecular formula is C17H20ClN3O2S. The number of amides is 1. The number of furan rings is 1. The van der Waals surface area contributed by atoms with E-state index < -0.39 is 6.04 Å². The third-order valence-corrected chi connectivity index (χ3v) is 4.59. The van der Waals surface area contributed by atoms with Gasteiger partial charge in [-0.05, 0) is 30.7 Å². The van der Waals surface area contributed by atoms with Crippen molar-refractivity contribution in [3.05, 3.63) is 42.2 Å². The number of hydrogen-bond donors (Lipinski definition) is 2. The van der Waals surface area contributed by atoms with Crippen LogP contribution in [0.3, 0.4) is 0 Å². The molecule has 3 aromatic rings. The quantitative estimate of drug-likeness (QED) is 0.697. The molecule has 3 rings (SSSR count). The molecule has 2 aromatic heterocycles. The highest BCUT2D eigenvalue weighted by atomic mass is 35.5. The predicted octanol–water partition coefficient (Wildman–Crippen LogP) is 3.72. The topological polar surface area (TPSA) is 81.2 Å². The molecule has 0 aliphatic carbocycles. The summed E-state index contributed by atoms with van der Waals surface area (Å²) in [5.41, 5.74) is 6.74. The summed E-state index contributed by atoms with van der Waals surface area (Å²) in [5.74, 6) is 1.26. The maximum Gasteiger partial charge on any atom is 0.237 e. The Morgan fingerprint density at radius 2 is 2.12 bits per heavy atom. The maximum absolute atomic E-state index is 11.8. The molecule has 3 N–H and O–H groups in total. The lowest BCUT2D eigenvalue weighted by molar-refractivity contribution is -0.122. The normalized spacial score (nSPS) is 11.9. The molecule has 0 saturated carbocycles. The number of benzene rings is 1. The highest BCUT2D eigenvalue weighted by molar-refractivity contribution is 7.21. The highest BCUT2D eigenvalue weighted by Gasteiger charge is 2.14. The van der Waals surface area contributed by atoms with Crippen molar-refractivity contribution in [1.29, 1.82) is 0 Å². The van der Waals surface area contributed by atoms with Crippen LogP contribution in [0.25, 0.3) is 21.0 Å². The first-order valence-corrected chi connectivity index (χ1v) is 8.47. The highest BCUT2D eigenvalue weighted by Crippen LogP contribution is 2.31. The van der Waals surface area contributed by atoms with Gasteiger partial charge in [-0.1, -0.05) is 25.5 Å². The van der Waals surface area contributed by atoms with Crippen LogP contribution in [-0.4, -0.2) is 16.9 Å². The molecular weight excluding hydrogens is 346 g/mol. The van der Waals surface area contributed by atoms with Gasteiger partial charge < -0.3 is 15.5 Å². The van der Waals surface area contributed by atoms with Gasteiger partial charge in [-0.15, -0.1) is 23.7 Å². The smallest absolute Gasteiger partial charge is 0.237 e. The number of carbonyl (C=O) groups is 1. The number of nitrogens with two attached hydrogens (primary N) is 1. The molecule has 7 heteroatoms. The summed E-state index contributed by atoms with van der Waals surface area (Å²) < 4.78 is 6.91. The second-order valence-corrected chi connectivity index (χ2v) is 6.40. The van der Waals surface area contributed by atoms with Crippen LogP contribution in [0.2, 0.25) is 0 Å². The van der Waals surface area contributed by atoms with Gasteiger partial charge in [-0.25, -0.2) is 4.98 Å². The molecule has 2 heterocycles. The van der Waals surface area contributed by atoms with E-state index in [-0.39, 0.29) is 18.3 Å². The van der Waals surface area contributed by atoms with Gasteiger partial charge >= 0.3 is 0 Å². The van der Waals surface area contributed by atoms with Crippen molar-refractivity contribution in [2.75, 3.05) is 0 Å². The molecule has 0 aliphatic heterocycles. The fourth-order valence-electron chi connectivity index (χ4n) is 2.31. The molecule has 1 unspecified atom stereocenters. The number of nitrogens with one attached hydrogen (secondary N) is 1. The Bertz CT molecular complexity index is 782. The Labute approximate surface area is 150 Å². The van der Waals surface area contributed by atoms with Gasteiger partial charge in [0.05, 0.1) is 22.8 Å². The SMILES string of the molecule is CCCC(N)C(=O)NCc1ccc(-c2nc3ccccc3s2)o1.Cl. The summed E-state index contributed by atoms with van der Waals surface area (Å²) in [6, 6.07) is 11.3. The van der Waals surface area contributed by atoms with E-state index in [4.69, 9.17) is 10.2 Å². The van der Waals surface area contributed by atoms with Crippen LogP contribution < -0.4 is 11.1 Å². The number of fused-ring (bicyclic) bond motifs is 1. The Balaban J connectivity index is 0.00000208. The number of hydrogen-bond acceptors (Lipinski definition) is 5. The van der Waals surface area contributed by atoms with Crippen LogP contribution in [0.1, 0.15) is 25.5 Å². The van der Waals surface area contributed by atoms with E-state index in [2.05, 4.69) is 10.3 Å². The number of carbonyl (C=O) groups excluding carboxylic acids is 1. The summed E-state index contributed by atoms with van der Waals surface area (Å²) in [7, 11) is 0. The minimum atomic E-state index is -0.460. The van der Waals surface area contributed by atoms with Gasteiger partial charge in [0.25, 0.3) is 0 Å². The summed E-state index contributed by atoms with van der Waals surface area (Å²) in [4.78, 5) is 16.4. The fourth-order valence-corrected chi connectivity index (χ4v) is 3.24. The van der Waals surface area contributed by atoms with Crippen LogP contribution in [0.5, 0.6) is 0 Å². The van der Waals surface area contributed by atoms with E-state index in [1.54, 1.807) is 11.3 Å². The van der Waals surface area contributed by atoms with Crippen molar-refractivity contribution >= 4 is 39.9 Å². The first-order valence-electron chi connectivity index (χ1n) is 7.65. The second kappa shape index (κ2) is 8.28. The summed E-state index contributed by atoms with van der Waals surface area (Å²) >= 11 is 1.59. The molecule has 1 atom stereocenters. The Morgan fingerprint density at radius 1 is 1.33 bits per heavy atom. The number of halogens is 1. The van der Waals surface area contributed by atoms with Crippen LogP contribution in [0.15, 0.2) is 40.8 Å². The van der Waals surface area contributed by atoms with E-state index in [9.17, 15) is 4.79 Å². The lowest BCUT2D eigenvalue weighted by atomic mass is 10.2. The standard InChI is InChI=1S/C17H19N3O2S.ClH/c1-2-5-12(18)16(21)19-10-11-8-9-14(22-11)17-20-13-6-3-4-7-15(13)23-17;/h3-4,6-9,12H,2,5,10,18H2,1H3,(H,19,21);1H. The van der Waals surface area contributed by atoms with E-state index in [1.807, 2.05) is 43.3 Å². The molecule has 128 valence electrons. The van der Waals surface area contributed by atoms with Crippen LogP contribution >= 0.6 is 23.7 Å². The molecule has 24 heavy (non-hydrogen) atoms. The van der Waals surface area contributed by atoms with Gasteiger partial charge in [0, 0.05) is 0 Å². The number of nitrogens with zero attached hydrogens (tertiary/aromatic N) is 1. The molecule has 0 bridgehead atoms. The van der Waals surface area contributed by atoms with E-state index in [0.29, 0.717) is 24.5 Å². The zero-order chi connectivity index (χ0) is 16.2. The molecule has 0 fully saturated rings. The first-order chi connectivity index (χ1) is 11.2. The summed E-state index contributed by atoms with van der Waals surface area (Å²) in [5, 5.41) is 3.64. The van der Waals surface area contributed by atoms with Gasteiger partial charge in [-0.2, -0.15) is 0 Å². The minimum absolute atomic E-state index is 0. The minimum Gasteiger partial charge on any atom is -0.457 e. The second-order valence-electron chi connectivity index (χ2n) is 5.37. The third-order valence-electron chi connectivity index (χ3n) is 3.54. The van der Waals surface area contributed by atoms with Gasteiger partial charge in [-0.3, -0.25) is 4.79 Å². The molecule has 1 aromatic carbocycles. The Kier molecular flexibility index (Phi) is 6.36. The van der Waals surface area contributed by atoms with Gasteiger partial charge in [0.2, 0.25) is 5.91 Å². The average molecular weight is 366 g/mol. The van der Waals surface area contributed by atoms with Crippen LogP contribution in [0.4, 0.5) is 0 Å². The van der Waals surface area contributed by atoms with E-state index in [1.165, 1.54) is 0 Å². The Morgan fingerprint density at radius 3 is 2.88 bits per heavy atom. The van der Waals surface area contributed by atoms with Gasteiger partial charge in [0.1, 0.15) is 5.76 Å². The van der Waals surface area contributed by atoms with Crippen molar-refractivity contribution in [1.82, 2.24) is 10.3 Å². The molecule has 1 amide bonds. The predicted molar refractivity (Wildman–Crippen MR) is 99.3 cm³/mol. The lowest BCUT2D eigenvalue weighted by Gasteiger charge is -2.09. The van der Waals surface area contributed by atoms with Crippen molar-refractivity contribution in [3.8, 4) is 10.8 Å². The van der Waals surface area contributed by atoms with Crippen molar-refractivity contribution in [3.63, 3.8) is 0 Å². The zero-order valence-electron chi connectivity index (χ0n) is 13.3. The van der Waals surface area contributed by atoms with Crippen LogP contribution in [-0.2, 0) is 11.3 Å². The number of thiazole rings is 1. The number of aromatic nitrogens is 1. The van der Waals surface area contributed by atoms with Gasteiger partial charge in [0.15, 0.2) is 10.8 Å². The van der Waals surface area contributed by atoms with Crippen molar-refractivity contribution in [2.24, 2.45) is 5.73 Å². The zero-order valence-corrected chi connectivity index (χ0v) is 15.0. The van der Waals surface area contributed by atoms with Crippen molar-refractivity contribution in [2.45, 2.75) is 32.4 Å². The maximum atomic E-state index is 11.8. The fraction of sp³-hybridized carbons (Fsp3) is 0.294. The average Bonchev–Trinajstić information content (AvgIpc) is 3.19. The summed E-state index contributed by atoms with van der Waals surface area (Å²) in [6.45, 7) is 2.34. The first kappa shape index (κ1) is 18.4. The molecule has 5 nitrogen and oxygen atoms in total. The third kappa shape index (κ3) is 4.14. The van der Waals surface area contributed by atoms with E-state index >= 15 is 0 Å². The summed E-state index contributed by atoms with van der Waals surface area (Å²) in [6.07, 6.45) is 1.57. The monoisotopic (exact) mass is 365 g/mol. The number of rotatable bonds is 6. The van der Waals surface area contributed by atoms with Crippen molar-refractivity contribution < 1.29 is 9.21 Å². The molecule has 0 radical (unpaired) electrons. The molecule has 0 saturated heterocycles. The molecule has 0 aliphatic rings. The lowest BCUT2D eigenvalue weighted by Crippen LogP contribution is -2.39. The van der Waals surface area contributed by atoms with Crippen LogP contribution in [0, 0.1) is 0 Å². The largest absolute Gasteiger partial charge is 0.457 e. The molecule has 0 spiro atoms. The van der Waals surface area contributed by atoms with E-state index in [0.717, 1.165) is 21.6 Å². The Hall–Kier alpha value is -1.89.